The van der Waals surface area contributed by atoms with Gasteiger partial charge in [0, 0.05) is 12.6 Å². The van der Waals surface area contributed by atoms with Crippen molar-refractivity contribution in [1.82, 2.24) is 4.98 Å². The number of hydrogen-bond acceptors (Lipinski definition) is 5. The molecular formula is C22H20F2N2O3. The summed E-state index contributed by atoms with van der Waals surface area (Å²) >= 11 is 0. The Morgan fingerprint density at radius 2 is 1.83 bits per heavy atom. The molecule has 3 aromatic rings. The molecule has 0 amide bonds. The van der Waals surface area contributed by atoms with E-state index in [9.17, 15) is 13.6 Å². The fourth-order valence-electron chi connectivity index (χ4n) is 2.88. The molecule has 1 aromatic heterocycles. The number of benzene rings is 2. The molecule has 0 radical (unpaired) electrons. The van der Waals surface area contributed by atoms with Gasteiger partial charge < -0.3 is 14.8 Å². The van der Waals surface area contributed by atoms with E-state index in [0.717, 1.165) is 5.56 Å². The van der Waals surface area contributed by atoms with Crippen molar-refractivity contribution in [3.8, 4) is 17.0 Å². The molecule has 0 saturated heterocycles. The van der Waals surface area contributed by atoms with Crippen molar-refractivity contribution in [3.05, 3.63) is 77.0 Å². The smallest absolute Gasteiger partial charge is 0.357 e. The lowest BCUT2D eigenvalue weighted by Gasteiger charge is -2.14. The van der Waals surface area contributed by atoms with Gasteiger partial charge in [-0.1, -0.05) is 36.4 Å². The van der Waals surface area contributed by atoms with Gasteiger partial charge in [0.1, 0.15) is 12.3 Å². The second-order valence-corrected chi connectivity index (χ2v) is 6.31. The quantitative estimate of drug-likeness (QED) is 0.608. The van der Waals surface area contributed by atoms with Crippen molar-refractivity contribution in [1.29, 1.82) is 0 Å². The first-order valence-electron chi connectivity index (χ1n) is 8.89. The van der Waals surface area contributed by atoms with E-state index in [1.807, 2.05) is 30.3 Å². The maximum Gasteiger partial charge on any atom is 0.357 e. The minimum atomic E-state index is -0.781. The molecule has 150 valence electrons. The third-order valence-electron chi connectivity index (χ3n) is 4.40. The predicted molar refractivity (Wildman–Crippen MR) is 106 cm³/mol. The normalized spacial score (nSPS) is 10.5. The molecular weight excluding hydrogens is 378 g/mol. The Labute approximate surface area is 167 Å². The Hall–Kier alpha value is -3.48. The molecule has 0 atom stereocenters. The molecule has 2 aromatic carbocycles. The summed E-state index contributed by atoms with van der Waals surface area (Å²) in [5.74, 6) is -2.29. The van der Waals surface area contributed by atoms with Gasteiger partial charge in [-0.05, 0) is 30.2 Å². The van der Waals surface area contributed by atoms with E-state index < -0.39 is 17.6 Å². The summed E-state index contributed by atoms with van der Waals surface area (Å²) in [5.41, 5.74) is 0.799. The van der Waals surface area contributed by atoms with E-state index in [2.05, 4.69) is 10.3 Å². The zero-order chi connectivity index (χ0) is 21.0. The summed E-state index contributed by atoms with van der Waals surface area (Å²) < 4.78 is 40.1. The molecule has 0 saturated carbocycles. The van der Waals surface area contributed by atoms with Gasteiger partial charge in [-0.2, -0.15) is 0 Å². The van der Waals surface area contributed by atoms with Crippen molar-refractivity contribution < 1.29 is 23.0 Å². The highest BCUT2D eigenvalue weighted by atomic mass is 19.1. The van der Waals surface area contributed by atoms with Gasteiger partial charge in [-0.3, -0.25) is 0 Å². The zero-order valence-electron chi connectivity index (χ0n) is 16.3. The van der Waals surface area contributed by atoms with E-state index in [-0.39, 0.29) is 35.0 Å². The Kier molecular flexibility index (Phi) is 6.07. The highest BCUT2D eigenvalue weighted by molar-refractivity contribution is 5.89. The second kappa shape index (κ2) is 8.68. The summed E-state index contributed by atoms with van der Waals surface area (Å²) in [7, 11) is 2.82. The first kappa shape index (κ1) is 20.3. The number of ether oxygens (including phenoxy) is 2. The van der Waals surface area contributed by atoms with Gasteiger partial charge in [0.25, 0.3) is 0 Å². The van der Waals surface area contributed by atoms with Crippen molar-refractivity contribution in [3.63, 3.8) is 0 Å². The molecule has 29 heavy (non-hydrogen) atoms. The number of carbonyl (C=O) groups excluding carboxylic acids is 1. The molecule has 0 fully saturated rings. The van der Waals surface area contributed by atoms with Crippen molar-refractivity contribution in [2.45, 2.75) is 13.5 Å². The van der Waals surface area contributed by atoms with E-state index in [1.165, 1.54) is 26.3 Å². The molecule has 7 heteroatoms. The van der Waals surface area contributed by atoms with Crippen LogP contribution in [0.1, 0.15) is 21.6 Å². The number of aromatic nitrogens is 1. The van der Waals surface area contributed by atoms with Crippen LogP contribution in [0, 0.1) is 18.6 Å². The van der Waals surface area contributed by atoms with Gasteiger partial charge in [0.05, 0.1) is 12.8 Å². The van der Waals surface area contributed by atoms with Crippen LogP contribution in [0.25, 0.3) is 11.3 Å². The number of pyridine rings is 1. The Morgan fingerprint density at radius 1 is 1.10 bits per heavy atom. The molecule has 5 nitrogen and oxygen atoms in total. The molecule has 1 heterocycles. The number of aryl methyl sites for hydroxylation is 1. The van der Waals surface area contributed by atoms with Gasteiger partial charge >= 0.3 is 5.97 Å². The summed E-state index contributed by atoms with van der Waals surface area (Å²) in [6.45, 7) is 1.71. The fourth-order valence-corrected chi connectivity index (χ4v) is 2.88. The van der Waals surface area contributed by atoms with Crippen LogP contribution in [0.5, 0.6) is 5.75 Å². The average Bonchev–Trinajstić information content (AvgIpc) is 2.74. The number of esters is 1. The third kappa shape index (κ3) is 4.18. The Morgan fingerprint density at radius 3 is 2.48 bits per heavy atom. The van der Waals surface area contributed by atoms with Crippen LogP contribution in [-0.2, 0) is 11.3 Å². The first-order valence-corrected chi connectivity index (χ1v) is 8.89. The summed E-state index contributed by atoms with van der Waals surface area (Å²) in [5, 5.41) is 2.66. The lowest BCUT2D eigenvalue weighted by Crippen LogP contribution is -2.11. The predicted octanol–water partition coefficient (Wildman–Crippen LogP) is 4.74. The molecule has 0 bridgehead atoms. The largest absolute Gasteiger partial charge is 0.493 e. The molecule has 0 spiro atoms. The van der Waals surface area contributed by atoms with E-state index in [1.54, 1.807) is 13.0 Å². The second-order valence-electron chi connectivity index (χ2n) is 6.31. The molecule has 0 aliphatic carbocycles. The number of halogens is 2. The number of nitrogens with one attached hydrogen (secondary N) is 1. The SMILES string of the molecule is CNc1cc(C(=O)OCc2ccccc2)nc(-c2ccc(C)c(OC)c2F)c1F. The number of rotatable bonds is 6. The van der Waals surface area contributed by atoms with Crippen LogP contribution >= 0.6 is 0 Å². The van der Waals surface area contributed by atoms with Crippen molar-refractivity contribution in [2.24, 2.45) is 0 Å². The topological polar surface area (TPSA) is 60.5 Å². The highest BCUT2D eigenvalue weighted by Gasteiger charge is 2.23. The van der Waals surface area contributed by atoms with Gasteiger partial charge in [0.15, 0.2) is 23.1 Å². The number of methoxy groups -OCH3 is 1. The lowest BCUT2D eigenvalue weighted by molar-refractivity contribution is 0.0466. The van der Waals surface area contributed by atoms with E-state index in [4.69, 9.17) is 9.47 Å². The van der Waals surface area contributed by atoms with Crippen LogP contribution in [0.2, 0.25) is 0 Å². The summed E-state index contributed by atoms with van der Waals surface area (Å²) in [6, 6.07) is 13.3. The highest BCUT2D eigenvalue weighted by Crippen LogP contribution is 2.34. The number of carbonyl (C=O) groups is 1. The zero-order valence-corrected chi connectivity index (χ0v) is 16.3. The van der Waals surface area contributed by atoms with Crippen molar-refractivity contribution >= 4 is 11.7 Å². The maximum absolute atomic E-state index is 14.9. The van der Waals surface area contributed by atoms with Crippen LogP contribution in [-0.4, -0.2) is 25.1 Å². The molecule has 3 rings (SSSR count). The Bertz CT molecular complexity index is 1040. The maximum atomic E-state index is 14.9. The number of nitrogens with zero attached hydrogens (tertiary/aromatic N) is 1. The van der Waals surface area contributed by atoms with Crippen LogP contribution in [0.4, 0.5) is 14.5 Å². The van der Waals surface area contributed by atoms with Gasteiger partial charge in [-0.25, -0.2) is 18.6 Å². The minimum Gasteiger partial charge on any atom is -0.493 e. The molecule has 1 N–H and O–H groups in total. The van der Waals surface area contributed by atoms with Gasteiger partial charge in [-0.15, -0.1) is 0 Å². The molecule has 0 aliphatic rings. The number of anilines is 1. The fraction of sp³-hybridized carbons (Fsp3) is 0.182. The van der Waals surface area contributed by atoms with Gasteiger partial charge in [0.2, 0.25) is 0 Å². The molecule has 0 unspecified atom stereocenters. The van der Waals surface area contributed by atoms with Crippen LogP contribution in [0.3, 0.4) is 0 Å². The third-order valence-corrected chi connectivity index (χ3v) is 4.40. The Balaban J connectivity index is 2.00. The first-order chi connectivity index (χ1) is 14.0. The van der Waals surface area contributed by atoms with Crippen LogP contribution < -0.4 is 10.1 Å². The minimum absolute atomic E-state index is 0.000558. The van der Waals surface area contributed by atoms with E-state index in [0.29, 0.717) is 5.56 Å². The van der Waals surface area contributed by atoms with Crippen LogP contribution in [0.15, 0.2) is 48.5 Å². The lowest BCUT2D eigenvalue weighted by atomic mass is 10.1. The van der Waals surface area contributed by atoms with Crippen molar-refractivity contribution in [2.75, 3.05) is 19.5 Å². The van der Waals surface area contributed by atoms with E-state index >= 15 is 0 Å². The monoisotopic (exact) mass is 398 g/mol. The average molecular weight is 398 g/mol. The molecule has 0 aliphatic heterocycles. The summed E-state index contributed by atoms with van der Waals surface area (Å²) in [6.07, 6.45) is 0. The standard InChI is InChI=1S/C22H20F2N2O3/c1-13-9-10-15(18(23)21(13)28-3)20-19(24)16(25-2)11-17(26-20)22(27)29-12-14-7-5-4-6-8-14/h4-11H,12H2,1-3H3,(H,25,26). The number of hydrogen-bond donors (Lipinski definition) is 1. The summed E-state index contributed by atoms with van der Waals surface area (Å²) in [4.78, 5) is 16.5.